The van der Waals surface area contributed by atoms with Gasteiger partial charge in [-0.1, -0.05) is 6.92 Å². The summed E-state index contributed by atoms with van der Waals surface area (Å²) in [4.78, 5) is 5.11. The van der Waals surface area contributed by atoms with Gasteiger partial charge in [0.05, 0.1) is 0 Å². The number of likely N-dealkylation sites (N-methyl/N-ethyl adjacent to an activating group) is 1. The van der Waals surface area contributed by atoms with Crippen LogP contribution in [-0.2, 0) is 0 Å². The van der Waals surface area contributed by atoms with E-state index in [1.165, 1.54) is 32.5 Å². The molecule has 1 aliphatic rings. The third kappa shape index (κ3) is 3.74. The zero-order valence-corrected chi connectivity index (χ0v) is 10.6. The molecule has 15 heavy (non-hydrogen) atoms. The second-order valence-electron chi connectivity index (χ2n) is 4.83. The van der Waals surface area contributed by atoms with E-state index in [-0.39, 0.29) is 0 Å². The fourth-order valence-electron chi connectivity index (χ4n) is 2.46. The maximum absolute atomic E-state index is 5.69. The first-order valence-electron chi connectivity index (χ1n) is 6.33. The van der Waals surface area contributed by atoms with Crippen molar-refractivity contribution in [3.63, 3.8) is 0 Å². The number of nitrogens with zero attached hydrogens (tertiary/aromatic N) is 2. The van der Waals surface area contributed by atoms with Crippen molar-refractivity contribution in [2.45, 2.75) is 45.2 Å². The van der Waals surface area contributed by atoms with Crippen LogP contribution in [0.15, 0.2) is 0 Å². The summed E-state index contributed by atoms with van der Waals surface area (Å²) < 4.78 is 0. The smallest absolute Gasteiger partial charge is 0.0234 e. The molecule has 1 rings (SSSR count). The average Bonchev–Trinajstić information content (AvgIpc) is 2.34. The van der Waals surface area contributed by atoms with E-state index in [9.17, 15) is 0 Å². The molecular formula is C12H27N3. The summed E-state index contributed by atoms with van der Waals surface area (Å²) in [5.74, 6) is 0. The Morgan fingerprint density at radius 1 is 1.40 bits per heavy atom. The third-order valence-corrected chi connectivity index (χ3v) is 3.64. The van der Waals surface area contributed by atoms with E-state index in [0.717, 1.165) is 13.0 Å². The largest absolute Gasteiger partial charge is 0.330 e. The first-order valence-corrected chi connectivity index (χ1v) is 6.33. The highest BCUT2D eigenvalue weighted by Gasteiger charge is 2.25. The van der Waals surface area contributed by atoms with E-state index in [1.807, 2.05) is 0 Å². The van der Waals surface area contributed by atoms with Gasteiger partial charge in [0.2, 0.25) is 0 Å². The van der Waals surface area contributed by atoms with Crippen LogP contribution in [0.2, 0.25) is 0 Å². The van der Waals surface area contributed by atoms with Gasteiger partial charge in [0.15, 0.2) is 0 Å². The number of nitrogens with two attached hydrogens (primary N) is 1. The van der Waals surface area contributed by atoms with Crippen molar-refractivity contribution < 1.29 is 0 Å². The van der Waals surface area contributed by atoms with Crippen molar-refractivity contribution in [1.82, 2.24) is 9.80 Å². The molecule has 0 aromatic rings. The molecule has 3 heteroatoms. The van der Waals surface area contributed by atoms with Gasteiger partial charge in [-0.3, -0.25) is 4.90 Å². The minimum atomic E-state index is 0.652. The van der Waals surface area contributed by atoms with Crippen molar-refractivity contribution in [3.05, 3.63) is 0 Å². The Hall–Kier alpha value is -0.120. The zero-order valence-electron chi connectivity index (χ0n) is 10.6. The lowest BCUT2D eigenvalue weighted by Crippen LogP contribution is -2.42. The monoisotopic (exact) mass is 213 g/mol. The first kappa shape index (κ1) is 12.9. The molecule has 0 radical (unpaired) electrons. The zero-order chi connectivity index (χ0) is 11.3. The molecule has 1 aliphatic heterocycles. The molecule has 0 saturated carbocycles. The highest BCUT2D eigenvalue weighted by Crippen LogP contribution is 2.16. The van der Waals surface area contributed by atoms with E-state index >= 15 is 0 Å². The Morgan fingerprint density at radius 3 is 2.73 bits per heavy atom. The Labute approximate surface area is 94.6 Å². The fourth-order valence-corrected chi connectivity index (χ4v) is 2.46. The van der Waals surface area contributed by atoms with Gasteiger partial charge in [-0.15, -0.1) is 0 Å². The topological polar surface area (TPSA) is 32.5 Å². The SMILES string of the molecule is CCCN1CCC(C)N(C)C(CCN)C1. The van der Waals surface area contributed by atoms with Crippen molar-refractivity contribution in [1.29, 1.82) is 0 Å². The highest BCUT2D eigenvalue weighted by molar-refractivity contribution is 4.82. The summed E-state index contributed by atoms with van der Waals surface area (Å²) in [5, 5.41) is 0. The molecule has 0 aromatic heterocycles. The second-order valence-corrected chi connectivity index (χ2v) is 4.83. The van der Waals surface area contributed by atoms with Gasteiger partial charge in [-0.2, -0.15) is 0 Å². The molecule has 2 unspecified atom stereocenters. The van der Waals surface area contributed by atoms with E-state index in [1.54, 1.807) is 0 Å². The van der Waals surface area contributed by atoms with Crippen LogP contribution in [0.1, 0.15) is 33.1 Å². The van der Waals surface area contributed by atoms with E-state index < -0.39 is 0 Å². The molecule has 1 saturated heterocycles. The third-order valence-electron chi connectivity index (χ3n) is 3.64. The predicted octanol–water partition coefficient (Wildman–Crippen LogP) is 1.14. The maximum Gasteiger partial charge on any atom is 0.0234 e. The molecule has 3 nitrogen and oxygen atoms in total. The molecule has 2 N–H and O–H groups in total. The molecule has 1 heterocycles. The summed E-state index contributed by atoms with van der Waals surface area (Å²) in [6, 6.07) is 1.35. The average molecular weight is 213 g/mol. The van der Waals surface area contributed by atoms with E-state index in [4.69, 9.17) is 5.73 Å². The van der Waals surface area contributed by atoms with Crippen LogP contribution in [0.25, 0.3) is 0 Å². The number of hydrogen-bond donors (Lipinski definition) is 1. The van der Waals surface area contributed by atoms with Crippen molar-refractivity contribution in [3.8, 4) is 0 Å². The Kier molecular flexibility index (Phi) is 5.58. The molecular weight excluding hydrogens is 186 g/mol. The minimum absolute atomic E-state index is 0.652. The Balaban J connectivity index is 2.56. The molecule has 0 amide bonds. The van der Waals surface area contributed by atoms with Crippen LogP contribution in [0.3, 0.4) is 0 Å². The van der Waals surface area contributed by atoms with Crippen LogP contribution in [0.5, 0.6) is 0 Å². The first-order chi connectivity index (χ1) is 7.19. The van der Waals surface area contributed by atoms with Crippen molar-refractivity contribution in [2.24, 2.45) is 5.73 Å². The van der Waals surface area contributed by atoms with Crippen LogP contribution in [0.4, 0.5) is 0 Å². The van der Waals surface area contributed by atoms with E-state index in [2.05, 4.69) is 30.7 Å². The summed E-state index contributed by atoms with van der Waals surface area (Å²) in [7, 11) is 2.25. The van der Waals surface area contributed by atoms with Crippen LogP contribution in [-0.4, -0.2) is 55.1 Å². The number of hydrogen-bond acceptors (Lipinski definition) is 3. The van der Waals surface area contributed by atoms with Crippen molar-refractivity contribution >= 4 is 0 Å². The highest BCUT2D eigenvalue weighted by atomic mass is 15.2. The van der Waals surface area contributed by atoms with Gasteiger partial charge in [-0.05, 0) is 52.9 Å². The lowest BCUT2D eigenvalue weighted by molar-refractivity contribution is 0.169. The Bertz CT molecular complexity index is 172. The van der Waals surface area contributed by atoms with Gasteiger partial charge in [0.25, 0.3) is 0 Å². The summed E-state index contributed by atoms with van der Waals surface area (Å²) in [6.07, 6.45) is 3.67. The molecule has 0 spiro atoms. The van der Waals surface area contributed by atoms with Gasteiger partial charge in [0, 0.05) is 18.6 Å². The maximum atomic E-state index is 5.69. The molecule has 2 atom stereocenters. The molecule has 0 aromatic carbocycles. The van der Waals surface area contributed by atoms with E-state index in [0.29, 0.717) is 12.1 Å². The standard InChI is InChI=1S/C12H27N3/c1-4-8-15-9-6-11(2)14(3)12(10-15)5-7-13/h11-12H,4-10,13H2,1-3H3. The molecule has 1 fully saturated rings. The lowest BCUT2D eigenvalue weighted by atomic mass is 10.1. The summed E-state index contributed by atoms with van der Waals surface area (Å²) >= 11 is 0. The van der Waals surface area contributed by atoms with Crippen LogP contribution >= 0.6 is 0 Å². The van der Waals surface area contributed by atoms with Gasteiger partial charge >= 0.3 is 0 Å². The summed E-state index contributed by atoms with van der Waals surface area (Å²) in [5.41, 5.74) is 5.69. The quantitative estimate of drug-likeness (QED) is 0.760. The molecule has 90 valence electrons. The Morgan fingerprint density at radius 2 is 2.13 bits per heavy atom. The molecule has 0 bridgehead atoms. The number of rotatable bonds is 4. The van der Waals surface area contributed by atoms with Gasteiger partial charge in [0.1, 0.15) is 0 Å². The van der Waals surface area contributed by atoms with Gasteiger partial charge in [-0.25, -0.2) is 0 Å². The summed E-state index contributed by atoms with van der Waals surface area (Å²) in [6.45, 7) is 9.09. The van der Waals surface area contributed by atoms with Crippen LogP contribution < -0.4 is 5.73 Å². The normalized spacial score (nSPS) is 30.4. The fraction of sp³-hybridized carbons (Fsp3) is 1.00. The molecule has 0 aliphatic carbocycles. The van der Waals surface area contributed by atoms with Crippen molar-refractivity contribution in [2.75, 3.05) is 33.2 Å². The second kappa shape index (κ2) is 6.46. The predicted molar refractivity (Wildman–Crippen MR) is 66.0 cm³/mol. The lowest BCUT2D eigenvalue weighted by Gasteiger charge is -2.31. The minimum Gasteiger partial charge on any atom is -0.330 e. The van der Waals surface area contributed by atoms with Crippen LogP contribution in [0, 0.1) is 0 Å². The van der Waals surface area contributed by atoms with Gasteiger partial charge < -0.3 is 10.6 Å².